The number of esters is 4. The van der Waals surface area contributed by atoms with E-state index in [1.807, 2.05) is 0 Å². The summed E-state index contributed by atoms with van der Waals surface area (Å²) in [5.74, 6) is -2.00. The van der Waals surface area contributed by atoms with Gasteiger partial charge < -0.3 is 49.6 Å². The van der Waals surface area contributed by atoms with Crippen molar-refractivity contribution in [2.45, 2.75) is 179 Å². The molecule has 0 saturated heterocycles. The van der Waals surface area contributed by atoms with E-state index in [0.717, 1.165) is 103 Å². The Bertz CT molecular complexity index is 816. The number of hydrogen-bond donors (Lipinski definition) is 6. The molecule has 0 unspecified atom stereocenters. The highest BCUT2D eigenvalue weighted by Gasteiger charge is 2.32. The van der Waals surface area contributed by atoms with Crippen LogP contribution in [-0.4, -0.2) is 119 Å². The molecule has 0 radical (unpaired) electrons. The second kappa shape index (κ2) is 35.7. The largest absolute Gasteiger partial charge is 0.466 e. The molecule has 0 aromatic carbocycles. The summed E-state index contributed by atoms with van der Waals surface area (Å²) in [7, 11) is 0. The molecule has 6 N–H and O–H groups in total. The van der Waals surface area contributed by atoms with E-state index < -0.39 is 49.6 Å². The molecule has 0 saturated carbocycles. The lowest BCUT2D eigenvalue weighted by atomic mass is 10.0. The number of aliphatic hydroxyl groups excluding tert-OH is 6. The first-order valence-electron chi connectivity index (χ1n) is 19.7. The lowest BCUT2D eigenvalue weighted by Gasteiger charge is -2.26. The summed E-state index contributed by atoms with van der Waals surface area (Å²) >= 11 is 0. The minimum absolute atomic E-state index is 0.0229. The van der Waals surface area contributed by atoms with Gasteiger partial charge in [0.05, 0.1) is 13.2 Å². The summed E-state index contributed by atoms with van der Waals surface area (Å²) in [5, 5.41) is 58.1. The van der Waals surface area contributed by atoms with Crippen molar-refractivity contribution in [3.63, 3.8) is 0 Å². The fourth-order valence-electron chi connectivity index (χ4n) is 5.30. The van der Waals surface area contributed by atoms with Crippen LogP contribution in [0.4, 0.5) is 0 Å². The Balaban J connectivity index is 3.86. The van der Waals surface area contributed by atoms with Crippen molar-refractivity contribution in [3.8, 4) is 0 Å². The van der Waals surface area contributed by atoms with Gasteiger partial charge in [0.25, 0.3) is 0 Å². The topological polar surface area (TPSA) is 227 Å². The van der Waals surface area contributed by atoms with Gasteiger partial charge in [-0.05, 0) is 51.4 Å². The molecule has 0 heterocycles. The van der Waals surface area contributed by atoms with Crippen LogP contribution in [0.5, 0.6) is 0 Å². The van der Waals surface area contributed by atoms with Crippen molar-refractivity contribution in [2.24, 2.45) is 0 Å². The van der Waals surface area contributed by atoms with Crippen molar-refractivity contribution in [2.75, 3.05) is 39.6 Å². The molecule has 14 nitrogen and oxygen atoms in total. The van der Waals surface area contributed by atoms with E-state index >= 15 is 0 Å². The summed E-state index contributed by atoms with van der Waals surface area (Å²) in [4.78, 5) is 47.7. The van der Waals surface area contributed by atoms with Crippen molar-refractivity contribution >= 4 is 23.9 Å². The highest BCUT2D eigenvalue weighted by atomic mass is 16.6. The Morgan fingerprint density at radius 2 is 0.596 bits per heavy atom. The smallest absolute Gasteiger partial charge is 0.305 e. The molecule has 52 heavy (non-hydrogen) atoms. The van der Waals surface area contributed by atoms with Crippen LogP contribution in [0.15, 0.2) is 0 Å². The zero-order chi connectivity index (χ0) is 38.7. The van der Waals surface area contributed by atoms with Crippen LogP contribution < -0.4 is 0 Å². The minimum Gasteiger partial charge on any atom is -0.466 e. The van der Waals surface area contributed by atoms with Gasteiger partial charge in [0.2, 0.25) is 0 Å². The first kappa shape index (κ1) is 49.6. The monoisotopic (exact) mass is 750 g/mol. The van der Waals surface area contributed by atoms with Gasteiger partial charge in [-0.15, -0.1) is 0 Å². The number of rotatable bonds is 37. The summed E-state index contributed by atoms with van der Waals surface area (Å²) in [5.41, 5.74) is 0. The maximum Gasteiger partial charge on any atom is 0.305 e. The molecule has 0 aliphatic carbocycles. The number of hydrogen-bond acceptors (Lipinski definition) is 14. The quantitative estimate of drug-likeness (QED) is 0.0300. The van der Waals surface area contributed by atoms with E-state index in [4.69, 9.17) is 29.2 Å². The van der Waals surface area contributed by atoms with Crippen LogP contribution >= 0.6 is 0 Å². The lowest BCUT2D eigenvalue weighted by molar-refractivity contribution is -0.162. The molecule has 4 atom stereocenters. The average Bonchev–Trinajstić information content (AvgIpc) is 3.13. The van der Waals surface area contributed by atoms with Crippen molar-refractivity contribution in [1.29, 1.82) is 0 Å². The molecule has 0 aliphatic rings. The van der Waals surface area contributed by atoms with E-state index in [1.54, 1.807) is 0 Å². The molecule has 0 aliphatic heterocycles. The highest BCUT2D eigenvalue weighted by Crippen LogP contribution is 2.12. The number of unbranched alkanes of at least 4 members (excludes halogenated alkanes) is 16. The highest BCUT2D eigenvalue weighted by molar-refractivity contribution is 5.71. The molecule has 0 aromatic rings. The van der Waals surface area contributed by atoms with Gasteiger partial charge in [-0.25, -0.2) is 0 Å². The Morgan fingerprint density at radius 1 is 0.346 bits per heavy atom. The zero-order valence-corrected chi connectivity index (χ0v) is 31.5. The number of ether oxygens (including phenoxy) is 4. The molecular weight excluding hydrogens is 680 g/mol. The van der Waals surface area contributed by atoms with Gasteiger partial charge in [0.15, 0.2) is 0 Å². The third kappa shape index (κ3) is 31.2. The van der Waals surface area contributed by atoms with Gasteiger partial charge in [-0.2, -0.15) is 0 Å². The number of carbonyl (C=O) groups excluding carboxylic acids is 4. The van der Waals surface area contributed by atoms with Crippen molar-refractivity contribution in [3.05, 3.63) is 0 Å². The Kier molecular flexibility index (Phi) is 34.0. The van der Waals surface area contributed by atoms with Crippen LogP contribution in [-0.2, 0) is 38.1 Å². The molecule has 0 fully saturated rings. The SMILES string of the molecule is O=C(CCCCC(=O)OC[C@@H](O)[C@@H](O)[C@H](O)[C@@H](O)COC(=O)CCCCC(=O)OCCCCCCCCCCO)OCCCCCCCCCCO. The standard InChI is InChI=1S/C38H70O14/c39-25-17-9-5-1-3-7-11-19-27-49-33(43)21-13-15-23-35(45)51-29-31(41)37(47)38(48)32(42)30-52-36(46)24-16-14-22-34(44)50-28-20-12-8-4-2-6-10-18-26-40/h31-32,37-42,47-48H,1-30H2/t31-,32+,37-,38-/m1/s1. The zero-order valence-electron chi connectivity index (χ0n) is 31.5. The summed E-state index contributed by atoms with van der Waals surface area (Å²) in [6.45, 7) is -0.0492. The average molecular weight is 751 g/mol. The Morgan fingerprint density at radius 3 is 0.885 bits per heavy atom. The predicted molar refractivity (Wildman–Crippen MR) is 193 cm³/mol. The lowest BCUT2D eigenvalue weighted by Crippen LogP contribution is -2.48. The molecular formula is C38H70O14. The van der Waals surface area contributed by atoms with Crippen molar-refractivity contribution in [1.82, 2.24) is 0 Å². The Labute approximate surface area is 310 Å². The molecule has 0 aromatic heterocycles. The van der Waals surface area contributed by atoms with E-state index in [1.165, 1.54) is 0 Å². The van der Waals surface area contributed by atoms with Gasteiger partial charge in [0.1, 0.15) is 37.6 Å². The fourth-order valence-corrected chi connectivity index (χ4v) is 5.30. The van der Waals surface area contributed by atoms with Gasteiger partial charge in [0, 0.05) is 38.9 Å². The third-order valence-electron chi connectivity index (χ3n) is 8.62. The summed E-state index contributed by atoms with van der Waals surface area (Å²) < 4.78 is 20.3. The summed E-state index contributed by atoms with van der Waals surface area (Å²) in [6, 6.07) is 0. The second-order valence-electron chi connectivity index (χ2n) is 13.4. The fraction of sp³-hybridized carbons (Fsp3) is 0.895. The van der Waals surface area contributed by atoms with Crippen LogP contribution in [0.2, 0.25) is 0 Å². The van der Waals surface area contributed by atoms with Gasteiger partial charge in [-0.1, -0.05) is 77.0 Å². The number of aliphatic hydroxyl groups is 6. The van der Waals surface area contributed by atoms with Gasteiger partial charge in [-0.3, -0.25) is 19.2 Å². The van der Waals surface area contributed by atoms with E-state index in [-0.39, 0.29) is 50.8 Å². The maximum absolute atomic E-state index is 12.0. The van der Waals surface area contributed by atoms with Crippen LogP contribution in [0.25, 0.3) is 0 Å². The number of carbonyl (C=O) groups is 4. The predicted octanol–water partition coefficient (Wildman–Crippen LogP) is 3.95. The van der Waals surface area contributed by atoms with Crippen LogP contribution in [0, 0.1) is 0 Å². The third-order valence-corrected chi connectivity index (χ3v) is 8.62. The molecule has 14 heteroatoms. The van der Waals surface area contributed by atoms with Gasteiger partial charge >= 0.3 is 23.9 Å². The van der Waals surface area contributed by atoms with Crippen LogP contribution in [0.3, 0.4) is 0 Å². The second-order valence-corrected chi connectivity index (χ2v) is 13.4. The van der Waals surface area contributed by atoms with E-state index in [2.05, 4.69) is 0 Å². The van der Waals surface area contributed by atoms with Crippen molar-refractivity contribution < 1.29 is 68.8 Å². The van der Waals surface area contributed by atoms with E-state index in [0.29, 0.717) is 38.9 Å². The maximum atomic E-state index is 12.0. The first-order chi connectivity index (χ1) is 25.1. The molecule has 0 amide bonds. The molecule has 0 bridgehead atoms. The first-order valence-corrected chi connectivity index (χ1v) is 19.7. The molecule has 0 rings (SSSR count). The normalized spacial score (nSPS) is 13.6. The molecule has 0 spiro atoms. The Hall–Kier alpha value is -2.36. The summed E-state index contributed by atoms with van der Waals surface area (Å²) in [6.07, 6.45) is 11.0. The van der Waals surface area contributed by atoms with Crippen LogP contribution in [0.1, 0.15) is 154 Å². The van der Waals surface area contributed by atoms with E-state index in [9.17, 15) is 39.6 Å². The molecule has 306 valence electrons. The minimum atomic E-state index is -1.89.